The third kappa shape index (κ3) is 7.34. The third-order valence-corrected chi connectivity index (χ3v) is 5.05. The van der Waals surface area contributed by atoms with Crippen LogP contribution in [0.25, 0.3) is 0 Å². The Morgan fingerprint density at radius 1 is 1.14 bits per heavy atom. The molecule has 1 amide bonds. The van der Waals surface area contributed by atoms with E-state index in [1.54, 1.807) is 24.3 Å². The SMILES string of the molecule is CC(=O)Oc1ccccc1C(=O)NCCCC(=N)[Se]C(N)=Nc1ccccc1. The van der Waals surface area contributed by atoms with Crippen molar-refractivity contribution in [1.82, 2.24) is 5.32 Å². The van der Waals surface area contributed by atoms with Crippen LogP contribution in [0.1, 0.15) is 30.1 Å². The Hall–Kier alpha value is -2.96. The first-order chi connectivity index (χ1) is 13.5. The molecule has 0 aliphatic heterocycles. The van der Waals surface area contributed by atoms with Gasteiger partial charge in [-0.05, 0) is 0 Å². The van der Waals surface area contributed by atoms with Crippen LogP contribution < -0.4 is 15.8 Å². The van der Waals surface area contributed by atoms with Crippen molar-refractivity contribution in [2.75, 3.05) is 6.54 Å². The Kier molecular flexibility index (Phi) is 8.39. The fraction of sp³-hybridized carbons (Fsp3) is 0.200. The maximum atomic E-state index is 12.3. The van der Waals surface area contributed by atoms with E-state index >= 15 is 0 Å². The Morgan fingerprint density at radius 3 is 2.54 bits per heavy atom. The summed E-state index contributed by atoms with van der Waals surface area (Å²) in [6.45, 7) is 1.69. The molecule has 0 radical (unpaired) electrons. The molecule has 8 heteroatoms. The summed E-state index contributed by atoms with van der Waals surface area (Å²) in [5, 5.41) is 10.8. The van der Waals surface area contributed by atoms with Crippen molar-refractivity contribution >= 4 is 41.9 Å². The van der Waals surface area contributed by atoms with E-state index < -0.39 is 5.97 Å². The van der Waals surface area contributed by atoms with E-state index in [1.807, 2.05) is 30.3 Å². The summed E-state index contributed by atoms with van der Waals surface area (Å²) < 4.78 is 6.01. The van der Waals surface area contributed by atoms with Crippen molar-refractivity contribution in [3.63, 3.8) is 0 Å². The van der Waals surface area contributed by atoms with Crippen molar-refractivity contribution in [3.8, 4) is 5.75 Å². The maximum absolute atomic E-state index is 12.3. The number of nitrogens with one attached hydrogen (secondary N) is 2. The van der Waals surface area contributed by atoms with Crippen LogP contribution in [0.5, 0.6) is 5.75 Å². The van der Waals surface area contributed by atoms with Gasteiger partial charge in [-0.3, -0.25) is 0 Å². The molecule has 4 N–H and O–H groups in total. The van der Waals surface area contributed by atoms with Gasteiger partial charge >= 0.3 is 170 Å². The van der Waals surface area contributed by atoms with E-state index in [4.69, 9.17) is 15.9 Å². The molecule has 0 atom stereocenters. The number of ether oxygens (including phenoxy) is 1. The fourth-order valence-electron chi connectivity index (χ4n) is 2.27. The number of aliphatic imine (C=N–C) groups is 1. The molecule has 0 bridgehead atoms. The number of amidine groups is 1. The minimum absolute atomic E-state index is 0.230. The van der Waals surface area contributed by atoms with Gasteiger partial charge in [0.2, 0.25) is 0 Å². The normalized spacial score (nSPS) is 11.0. The van der Waals surface area contributed by atoms with E-state index in [9.17, 15) is 9.59 Å². The first-order valence-electron chi connectivity index (χ1n) is 8.66. The van der Waals surface area contributed by atoms with Crippen LogP contribution in [0.15, 0.2) is 59.6 Å². The zero-order valence-corrected chi connectivity index (χ0v) is 17.2. The van der Waals surface area contributed by atoms with E-state index in [0.717, 1.165) is 5.69 Å². The molecule has 0 spiro atoms. The number of carbonyl (C=O) groups is 2. The van der Waals surface area contributed by atoms with Gasteiger partial charge in [-0.1, -0.05) is 0 Å². The summed E-state index contributed by atoms with van der Waals surface area (Å²) in [4.78, 5) is 27.7. The Balaban J connectivity index is 1.76. The van der Waals surface area contributed by atoms with Crippen LogP contribution in [-0.4, -0.2) is 42.7 Å². The number of para-hydroxylation sites is 2. The van der Waals surface area contributed by atoms with Crippen LogP contribution in [0, 0.1) is 5.41 Å². The average molecular weight is 445 g/mol. The molecule has 2 aromatic rings. The van der Waals surface area contributed by atoms with Crippen LogP contribution in [0.4, 0.5) is 5.69 Å². The van der Waals surface area contributed by atoms with Crippen molar-refractivity contribution in [1.29, 1.82) is 5.41 Å². The molecular formula is C20H22N4O3Se. The number of hydrogen-bond acceptors (Lipinski definition) is 5. The Labute approximate surface area is 170 Å². The predicted molar refractivity (Wildman–Crippen MR) is 111 cm³/mol. The van der Waals surface area contributed by atoms with Gasteiger partial charge in [0.15, 0.2) is 0 Å². The molecule has 0 fully saturated rings. The summed E-state index contributed by atoms with van der Waals surface area (Å²) in [6, 6.07) is 15.9. The molecule has 0 saturated heterocycles. The van der Waals surface area contributed by atoms with Gasteiger partial charge in [0.1, 0.15) is 0 Å². The van der Waals surface area contributed by atoms with Crippen LogP contribution in [0.3, 0.4) is 0 Å². The number of amides is 1. The Morgan fingerprint density at radius 2 is 1.82 bits per heavy atom. The van der Waals surface area contributed by atoms with E-state index in [1.165, 1.54) is 6.92 Å². The molecule has 0 saturated carbocycles. The van der Waals surface area contributed by atoms with Gasteiger partial charge in [-0.25, -0.2) is 0 Å². The molecule has 2 aromatic carbocycles. The van der Waals surface area contributed by atoms with Gasteiger partial charge in [-0.2, -0.15) is 0 Å². The minimum atomic E-state index is -0.481. The number of nitrogens with two attached hydrogens (primary N) is 1. The molecule has 0 heterocycles. The fourth-order valence-corrected chi connectivity index (χ4v) is 3.64. The second-order valence-electron chi connectivity index (χ2n) is 5.76. The first kappa shape index (κ1) is 21.3. The number of carbonyl (C=O) groups excluding carboxylic acids is 2. The van der Waals surface area contributed by atoms with Crippen LogP contribution in [0.2, 0.25) is 0 Å². The molecule has 0 unspecified atom stereocenters. The quantitative estimate of drug-likeness (QED) is 0.137. The first-order valence-corrected chi connectivity index (χ1v) is 10.4. The second kappa shape index (κ2) is 11.0. The molecule has 7 nitrogen and oxygen atoms in total. The van der Waals surface area contributed by atoms with Gasteiger partial charge in [0.05, 0.1) is 0 Å². The van der Waals surface area contributed by atoms with E-state index in [-0.39, 0.29) is 26.6 Å². The monoisotopic (exact) mass is 446 g/mol. The van der Waals surface area contributed by atoms with Crippen molar-refractivity contribution in [3.05, 3.63) is 60.2 Å². The summed E-state index contributed by atoms with van der Waals surface area (Å²) in [7, 11) is 0. The third-order valence-electron chi connectivity index (χ3n) is 3.47. The predicted octanol–water partition coefficient (Wildman–Crippen LogP) is 2.45. The second-order valence-corrected chi connectivity index (χ2v) is 8.10. The topological polar surface area (TPSA) is 118 Å². The molecule has 146 valence electrons. The van der Waals surface area contributed by atoms with Crippen LogP contribution >= 0.6 is 0 Å². The number of nitrogens with zero attached hydrogens (tertiary/aromatic N) is 1. The number of rotatable bonds is 9. The zero-order chi connectivity index (χ0) is 20.4. The van der Waals surface area contributed by atoms with E-state index in [0.29, 0.717) is 34.3 Å². The zero-order valence-electron chi connectivity index (χ0n) is 15.5. The summed E-state index contributed by atoms with van der Waals surface area (Å²) >= 11 is -0.318. The summed E-state index contributed by atoms with van der Waals surface area (Å²) in [5.41, 5.74) is 6.99. The molecule has 0 aliphatic carbocycles. The number of hydrogen-bond donors (Lipinski definition) is 3. The van der Waals surface area contributed by atoms with Crippen molar-refractivity contribution in [2.24, 2.45) is 10.7 Å². The molecule has 2 rings (SSSR count). The van der Waals surface area contributed by atoms with Gasteiger partial charge in [0.25, 0.3) is 0 Å². The standard InChI is InChI=1S/C20H22N4O3Se/c1-14(25)27-17-11-6-5-10-16(17)19(26)23-13-7-12-18(21)28-20(22)24-15-8-3-2-4-9-15/h2-6,8-11,21H,7,12-13H2,1H3,(H2,22,24)(H,23,26). The summed E-state index contributed by atoms with van der Waals surface area (Å²) in [5.74, 6) is -0.571. The van der Waals surface area contributed by atoms with Gasteiger partial charge in [-0.15, -0.1) is 0 Å². The van der Waals surface area contributed by atoms with E-state index in [2.05, 4.69) is 10.3 Å². The number of benzene rings is 2. The van der Waals surface area contributed by atoms with Crippen molar-refractivity contribution in [2.45, 2.75) is 19.8 Å². The Bertz CT molecular complexity index is 869. The van der Waals surface area contributed by atoms with Crippen molar-refractivity contribution < 1.29 is 14.3 Å². The number of esters is 1. The molecule has 0 aromatic heterocycles. The van der Waals surface area contributed by atoms with Crippen LogP contribution in [-0.2, 0) is 4.79 Å². The molecule has 0 aliphatic rings. The van der Waals surface area contributed by atoms with Gasteiger partial charge in [0, 0.05) is 0 Å². The average Bonchev–Trinajstić information content (AvgIpc) is 2.65. The summed E-state index contributed by atoms with van der Waals surface area (Å²) in [6.07, 6.45) is 1.14. The molecule has 28 heavy (non-hydrogen) atoms. The molecular weight excluding hydrogens is 423 g/mol. The van der Waals surface area contributed by atoms with Gasteiger partial charge < -0.3 is 0 Å².